The number of fused-ring (bicyclic) bond motifs is 2. The van der Waals surface area contributed by atoms with E-state index >= 15 is 0 Å². The average Bonchev–Trinajstić information content (AvgIpc) is 2.26. The first-order valence-corrected chi connectivity index (χ1v) is 5.72. The van der Waals surface area contributed by atoms with Crippen LogP contribution in [0.5, 0.6) is 5.75 Å². The van der Waals surface area contributed by atoms with Gasteiger partial charge in [0.05, 0.1) is 0 Å². The van der Waals surface area contributed by atoms with Gasteiger partial charge in [0.25, 0.3) is 5.91 Å². The summed E-state index contributed by atoms with van der Waals surface area (Å²) < 4.78 is 5.63. The van der Waals surface area contributed by atoms with Gasteiger partial charge in [-0.15, -0.1) is 12.6 Å². The molecule has 0 fully saturated rings. The summed E-state index contributed by atoms with van der Waals surface area (Å²) in [5.74, 6) is 0.857. The molecule has 1 unspecified atom stereocenters. The molecule has 1 N–H and O–H groups in total. The van der Waals surface area contributed by atoms with E-state index in [-0.39, 0.29) is 5.91 Å². The van der Waals surface area contributed by atoms with Crippen LogP contribution < -0.4 is 10.1 Å². The van der Waals surface area contributed by atoms with Crippen molar-refractivity contribution in [1.29, 1.82) is 0 Å². The van der Waals surface area contributed by atoms with Crippen molar-refractivity contribution < 1.29 is 9.53 Å². The topological polar surface area (TPSA) is 50.7 Å². The van der Waals surface area contributed by atoms with Crippen molar-refractivity contribution in [3.63, 3.8) is 0 Å². The zero-order chi connectivity index (χ0) is 12.0. The summed E-state index contributed by atoms with van der Waals surface area (Å²) >= 11 is 4.10. The van der Waals surface area contributed by atoms with Gasteiger partial charge in [0.2, 0.25) is 5.90 Å². The second kappa shape index (κ2) is 3.63. The normalized spacial score (nSPS) is 21.5. The Labute approximate surface area is 104 Å². The minimum absolute atomic E-state index is 0.207. The molecule has 1 amide bonds. The van der Waals surface area contributed by atoms with Crippen LogP contribution in [-0.4, -0.2) is 17.3 Å². The van der Waals surface area contributed by atoms with Crippen LogP contribution in [0.1, 0.15) is 11.1 Å². The molecule has 0 saturated carbocycles. The zero-order valence-electron chi connectivity index (χ0n) is 9.10. The maximum Gasteiger partial charge on any atom is 0.259 e. The summed E-state index contributed by atoms with van der Waals surface area (Å²) in [6.45, 7) is 1.99. The van der Waals surface area contributed by atoms with E-state index < -0.39 is 5.50 Å². The van der Waals surface area contributed by atoms with Crippen molar-refractivity contribution in [2.75, 3.05) is 0 Å². The molecule has 5 heteroatoms. The summed E-state index contributed by atoms with van der Waals surface area (Å²) in [6, 6.07) is 5.82. The maximum atomic E-state index is 11.7. The van der Waals surface area contributed by atoms with E-state index in [0.29, 0.717) is 11.5 Å². The number of hydrogen-bond acceptors (Lipinski definition) is 4. The highest BCUT2D eigenvalue weighted by Crippen LogP contribution is 2.30. The summed E-state index contributed by atoms with van der Waals surface area (Å²) in [5.41, 5.74) is 1.90. The molecule has 2 aliphatic heterocycles. The van der Waals surface area contributed by atoms with E-state index in [1.165, 1.54) is 0 Å². The van der Waals surface area contributed by atoms with E-state index in [1.54, 1.807) is 6.08 Å². The Balaban J connectivity index is 2.14. The smallest absolute Gasteiger partial charge is 0.259 e. The second-order valence-corrected chi connectivity index (χ2v) is 4.47. The lowest BCUT2D eigenvalue weighted by atomic mass is 10.0. The highest BCUT2D eigenvalue weighted by Gasteiger charge is 2.29. The Morgan fingerprint density at radius 2 is 2.29 bits per heavy atom. The number of benzene rings is 1. The minimum Gasteiger partial charge on any atom is -0.438 e. The molecular formula is C12H10N2O2S. The third-order valence-electron chi connectivity index (χ3n) is 2.65. The largest absolute Gasteiger partial charge is 0.438 e. The molecule has 0 aromatic heterocycles. The zero-order valence-corrected chi connectivity index (χ0v) is 9.99. The molecule has 1 atom stereocenters. The molecule has 17 heavy (non-hydrogen) atoms. The maximum absolute atomic E-state index is 11.7. The van der Waals surface area contributed by atoms with Crippen LogP contribution in [0.25, 0.3) is 6.08 Å². The monoisotopic (exact) mass is 246 g/mol. The van der Waals surface area contributed by atoms with Crippen molar-refractivity contribution in [1.82, 2.24) is 5.32 Å². The Morgan fingerprint density at radius 1 is 1.47 bits per heavy atom. The number of ether oxygens (including phenoxy) is 1. The number of aliphatic imine (C=N–C) groups is 1. The summed E-state index contributed by atoms with van der Waals surface area (Å²) in [4.78, 5) is 15.9. The van der Waals surface area contributed by atoms with Crippen LogP contribution in [0.3, 0.4) is 0 Å². The third-order valence-corrected chi connectivity index (χ3v) is 2.89. The van der Waals surface area contributed by atoms with Gasteiger partial charge in [0, 0.05) is 5.56 Å². The number of carbonyl (C=O) groups excluding carboxylic acids is 1. The fourth-order valence-electron chi connectivity index (χ4n) is 1.82. The molecule has 0 radical (unpaired) electrons. The predicted octanol–water partition coefficient (Wildman–Crippen LogP) is 1.51. The Hall–Kier alpha value is -1.75. The van der Waals surface area contributed by atoms with E-state index in [9.17, 15) is 4.79 Å². The molecule has 0 spiro atoms. The average molecular weight is 246 g/mol. The highest BCUT2D eigenvalue weighted by molar-refractivity contribution is 7.80. The fourth-order valence-corrected chi connectivity index (χ4v) is 2.04. The van der Waals surface area contributed by atoms with E-state index in [4.69, 9.17) is 4.74 Å². The van der Waals surface area contributed by atoms with Gasteiger partial charge >= 0.3 is 0 Å². The minimum atomic E-state index is -0.541. The number of nitrogens with one attached hydrogen (secondary N) is 1. The van der Waals surface area contributed by atoms with Gasteiger partial charge < -0.3 is 10.1 Å². The van der Waals surface area contributed by atoms with Gasteiger partial charge in [0.15, 0.2) is 5.50 Å². The van der Waals surface area contributed by atoms with E-state index in [1.807, 2.05) is 25.1 Å². The predicted molar refractivity (Wildman–Crippen MR) is 68.1 cm³/mol. The second-order valence-electron chi connectivity index (χ2n) is 3.98. The number of amides is 1. The van der Waals surface area contributed by atoms with E-state index in [0.717, 1.165) is 16.9 Å². The van der Waals surface area contributed by atoms with Crippen molar-refractivity contribution in [3.05, 3.63) is 34.9 Å². The summed E-state index contributed by atoms with van der Waals surface area (Å²) in [5, 5.41) is 2.61. The Kier molecular flexibility index (Phi) is 2.22. The lowest BCUT2D eigenvalue weighted by Gasteiger charge is -2.24. The molecule has 3 rings (SSSR count). The van der Waals surface area contributed by atoms with Crippen LogP contribution in [0.4, 0.5) is 0 Å². The van der Waals surface area contributed by atoms with Gasteiger partial charge in [-0.2, -0.15) is 0 Å². The van der Waals surface area contributed by atoms with Crippen LogP contribution in [0.2, 0.25) is 0 Å². The molecule has 1 aromatic carbocycles. The summed E-state index contributed by atoms with van der Waals surface area (Å²) in [7, 11) is 0. The molecule has 4 nitrogen and oxygen atoms in total. The van der Waals surface area contributed by atoms with Crippen molar-refractivity contribution in [2.24, 2.45) is 4.99 Å². The van der Waals surface area contributed by atoms with Crippen molar-refractivity contribution in [2.45, 2.75) is 12.4 Å². The van der Waals surface area contributed by atoms with Gasteiger partial charge in [-0.1, -0.05) is 12.1 Å². The standard InChI is InChI=1S/C12H10N2O2S/c1-6-2-3-7-5-8-10(15)13-12(17)14-11(8)16-9(7)4-6/h2-5,12,17H,1H3,(H,13,15). The highest BCUT2D eigenvalue weighted by atomic mass is 32.1. The molecule has 0 bridgehead atoms. The molecule has 86 valence electrons. The number of thiol groups is 1. The Bertz CT molecular complexity index is 578. The SMILES string of the molecule is Cc1ccc2c(c1)OC1=NC(S)NC(=O)C1=C2. The van der Waals surface area contributed by atoms with E-state index in [2.05, 4.69) is 22.9 Å². The van der Waals surface area contributed by atoms with Crippen molar-refractivity contribution >= 4 is 30.5 Å². The summed E-state index contributed by atoms with van der Waals surface area (Å²) in [6.07, 6.45) is 1.78. The number of nitrogens with zero attached hydrogens (tertiary/aromatic N) is 1. The lowest BCUT2D eigenvalue weighted by Crippen LogP contribution is -2.41. The van der Waals surface area contributed by atoms with Crippen LogP contribution in [0.15, 0.2) is 28.8 Å². The Morgan fingerprint density at radius 3 is 3.12 bits per heavy atom. The van der Waals surface area contributed by atoms with Crippen LogP contribution in [-0.2, 0) is 4.79 Å². The molecule has 0 saturated heterocycles. The van der Waals surface area contributed by atoms with Gasteiger partial charge in [-0.05, 0) is 24.6 Å². The third kappa shape index (κ3) is 1.72. The van der Waals surface area contributed by atoms with Crippen molar-refractivity contribution in [3.8, 4) is 5.75 Å². The first-order valence-electron chi connectivity index (χ1n) is 5.21. The number of aryl methyl sites for hydroxylation is 1. The number of hydrogen-bond donors (Lipinski definition) is 2. The lowest BCUT2D eigenvalue weighted by molar-refractivity contribution is -0.117. The van der Waals surface area contributed by atoms with Crippen LogP contribution >= 0.6 is 12.6 Å². The van der Waals surface area contributed by atoms with Gasteiger partial charge in [-0.25, -0.2) is 4.99 Å². The van der Waals surface area contributed by atoms with Gasteiger partial charge in [-0.3, -0.25) is 4.79 Å². The fraction of sp³-hybridized carbons (Fsp3) is 0.167. The molecule has 1 aromatic rings. The number of rotatable bonds is 0. The first-order chi connectivity index (χ1) is 8.13. The molecular weight excluding hydrogens is 236 g/mol. The quantitative estimate of drug-likeness (QED) is 0.682. The van der Waals surface area contributed by atoms with Gasteiger partial charge in [0.1, 0.15) is 11.3 Å². The molecule has 0 aliphatic carbocycles. The van der Waals surface area contributed by atoms with Crippen LogP contribution in [0, 0.1) is 6.92 Å². The molecule has 2 heterocycles. The molecule has 2 aliphatic rings. The first kappa shape index (κ1) is 10.4. The number of carbonyl (C=O) groups is 1.